The number of hydrogen-bond acceptors (Lipinski definition) is 6. The summed E-state index contributed by atoms with van der Waals surface area (Å²) >= 11 is 0. The fourth-order valence-corrected chi connectivity index (χ4v) is 4.65. The Morgan fingerprint density at radius 3 is 2.55 bits per heavy atom. The lowest BCUT2D eigenvalue weighted by molar-refractivity contribution is -0.253. The van der Waals surface area contributed by atoms with Crippen LogP contribution in [0.1, 0.15) is 38.7 Å². The summed E-state index contributed by atoms with van der Waals surface area (Å²) in [7, 11) is 1.00. The van der Waals surface area contributed by atoms with Crippen molar-refractivity contribution in [2.75, 3.05) is 20.2 Å². The summed E-state index contributed by atoms with van der Waals surface area (Å²) in [4.78, 5) is 19.1. The van der Waals surface area contributed by atoms with Gasteiger partial charge >= 0.3 is 6.18 Å². The van der Waals surface area contributed by atoms with E-state index in [2.05, 4.69) is 15.6 Å². The highest BCUT2D eigenvalue weighted by molar-refractivity contribution is 6.02. The van der Waals surface area contributed by atoms with E-state index in [4.69, 9.17) is 10.5 Å². The number of aromatic nitrogens is 1. The lowest BCUT2D eigenvalue weighted by Crippen LogP contribution is -2.60. The molecule has 1 saturated carbocycles. The van der Waals surface area contributed by atoms with Gasteiger partial charge in [0.2, 0.25) is 0 Å². The molecule has 1 amide bonds. The minimum absolute atomic E-state index is 0.0703. The molecule has 1 aromatic heterocycles. The van der Waals surface area contributed by atoms with Gasteiger partial charge in [0.15, 0.2) is 0 Å². The third kappa shape index (κ3) is 4.33. The molecule has 2 unspecified atom stereocenters. The van der Waals surface area contributed by atoms with Crippen molar-refractivity contribution in [2.24, 2.45) is 11.7 Å². The summed E-state index contributed by atoms with van der Waals surface area (Å²) in [6, 6.07) is 2.91. The van der Waals surface area contributed by atoms with Gasteiger partial charge < -0.3 is 26.0 Å². The van der Waals surface area contributed by atoms with Crippen molar-refractivity contribution in [2.45, 2.75) is 56.6 Å². The van der Waals surface area contributed by atoms with Crippen molar-refractivity contribution in [1.29, 1.82) is 0 Å². The Hall–Kier alpha value is -2.59. The Kier molecular flexibility index (Phi) is 5.94. The van der Waals surface area contributed by atoms with Gasteiger partial charge in [0, 0.05) is 55.9 Å². The van der Waals surface area contributed by atoms with Crippen LogP contribution in [0.3, 0.4) is 0 Å². The van der Waals surface area contributed by atoms with Gasteiger partial charge in [0.1, 0.15) is 0 Å². The molecule has 3 aliphatic rings. The van der Waals surface area contributed by atoms with Crippen LogP contribution in [0.5, 0.6) is 0 Å². The van der Waals surface area contributed by atoms with Crippen LogP contribution < -0.4 is 16.4 Å². The third-order valence-corrected chi connectivity index (χ3v) is 6.69. The second-order valence-corrected chi connectivity index (χ2v) is 9.47. The number of likely N-dealkylation sites (tertiary alicyclic amines) is 1. The molecule has 7 nitrogen and oxygen atoms in total. The molecular formula is C23H30F3N5O2. The van der Waals surface area contributed by atoms with Crippen LogP contribution in [0.2, 0.25) is 0 Å². The van der Waals surface area contributed by atoms with Gasteiger partial charge in [0.05, 0.1) is 11.3 Å². The molecule has 33 heavy (non-hydrogen) atoms. The molecule has 1 aliphatic carbocycles. The molecule has 10 heteroatoms. The van der Waals surface area contributed by atoms with Crippen molar-refractivity contribution in [3.63, 3.8) is 0 Å². The van der Waals surface area contributed by atoms with Crippen LogP contribution in [0.15, 0.2) is 42.0 Å². The Labute approximate surface area is 191 Å². The number of nitrogens with one attached hydrogen (secondary N) is 2. The molecule has 0 spiro atoms. The Morgan fingerprint density at radius 2 is 2.03 bits per heavy atom. The van der Waals surface area contributed by atoms with Crippen molar-refractivity contribution >= 4 is 11.5 Å². The predicted octanol–water partition coefficient (Wildman–Crippen LogP) is 2.52. The number of ether oxygens (including phenoxy) is 1. The van der Waals surface area contributed by atoms with Crippen LogP contribution in [0, 0.1) is 5.92 Å². The first-order chi connectivity index (χ1) is 15.5. The van der Waals surface area contributed by atoms with E-state index in [-0.39, 0.29) is 28.4 Å². The van der Waals surface area contributed by atoms with E-state index in [9.17, 15) is 18.0 Å². The van der Waals surface area contributed by atoms with Crippen LogP contribution in [0.4, 0.5) is 13.2 Å². The van der Waals surface area contributed by atoms with E-state index in [0.29, 0.717) is 25.4 Å². The van der Waals surface area contributed by atoms with Crippen LogP contribution in [-0.4, -0.2) is 59.5 Å². The normalized spacial score (nSPS) is 28.9. The molecule has 1 aromatic rings. The number of nitrogens with zero attached hydrogens (tertiary/aromatic N) is 2. The van der Waals surface area contributed by atoms with Gasteiger partial charge in [-0.05, 0) is 56.7 Å². The molecule has 4 N–H and O–H groups in total. The molecule has 0 bridgehead atoms. The number of carbonyl (C=O) groups excluding carboxylic acids is 1. The summed E-state index contributed by atoms with van der Waals surface area (Å²) in [5.74, 6) is -0.0356. The monoisotopic (exact) mass is 465 g/mol. The Bertz CT molecular complexity index is 972. The van der Waals surface area contributed by atoms with Crippen LogP contribution in [-0.2, 0) is 9.53 Å². The second-order valence-electron chi connectivity index (χ2n) is 9.47. The second kappa shape index (κ2) is 8.32. The highest BCUT2D eigenvalue weighted by Crippen LogP contribution is 2.48. The number of amides is 1. The Balaban J connectivity index is 1.90. The lowest BCUT2D eigenvalue weighted by atomic mass is 9.86. The fraction of sp³-hybridized carbons (Fsp3) is 0.565. The summed E-state index contributed by atoms with van der Waals surface area (Å²) in [6.45, 7) is 4.49. The van der Waals surface area contributed by atoms with Crippen LogP contribution in [0.25, 0.3) is 5.57 Å². The number of methoxy groups -OCH3 is 1. The van der Waals surface area contributed by atoms with E-state index in [1.54, 1.807) is 4.90 Å². The van der Waals surface area contributed by atoms with E-state index >= 15 is 0 Å². The Morgan fingerprint density at radius 1 is 1.36 bits per heavy atom. The smallest absolute Gasteiger partial charge is 0.369 e. The largest absolute Gasteiger partial charge is 0.441 e. The summed E-state index contributed by atoms with van der Waals surface area (Å²) in [5.41, 5.74) is 3.27. The summed E-state index contributed by atoms with van der Waals surface area (Å²) in [6.07, 6.45) is 1.77. The molecular weight excluding hydrogens is 435 g/mol. The van der Waals surface area contributed by atoms with Crippen molar-refractivity contribution in [3.8, 4) is 0 Å². The fourth-order valence-electron chi connectivity index (χ4n) is 4.65. The summed E-state index contributed by atoms with van der Waals surface area (Å²) < 4.78 is 48.9. The topological polar surface area (TPSA) is 92.5 Å². The number of halogens is 3. The van der Waals surface area contributed by atoms with Crippen molar-refractivity contribution in [1.82, 2.24) is 20.5 Å². The van der Waals surface area contributed by atoms with Gasteiger partial charge in [0.25, 0.3) is 11.6 Å². The van der Waals surface area contributed by atoms with Crippen molar-refractivity contribution < 1.29 is 22.7 Å². The highest BCUT2D eigenvalue weighted by Gasteiger charge is 2.61. The molecule has 0 aromatic carbocycles. The maximum atomic E-state index is 14.6. The maximum absolute atomic E-state index is 14.6. The SMILES string of the molecule is COC1(C(F)(F)F)NC=C(C(=O)NC(C)C2CC2)C(N2CC[C@](C)(N)C2)=C1c1ccncc1. The third-order valence-electron chi connectivity index (χ3n) is 6.69. The van der Waals surface area contributed by atoms with E-state index in [1.165, 1.54) is 24.5 Å². The number of carbonyl (C=O) groups is 1. The maximum Gasteiger partial charge on any atom is 0.441 e. The number of dihydropyridines is 1. The van der Waals surface area contributed by atoms with Crippen LogP contribution >= 0.6 is 0 Å². The zero-order valence-electron chi connectivity index (χ0n) is 19.0. The number of rotatable bonds is 6. The lowest BCUT2D eigenvalue weighted by Gasteiger charge is -2.43. The molecule has 3 heterocycles. The van der Waals surface area contributed by atoms with E-state index in [0.717, 1.165) is 26.2 Å². The molecule has 180 valence electrons. The number of hydrogen-bond donors (Lipinski definition) is 3. The molecule has 0 radical (unpaired) electrons. The van der Waals surface area contributed by atoms with Gasteiger partial charge in [-0.1, -0.05) is 0 Å². The first-order valence-corrected chi connectivity index (χ1v) is 11.1. The quantitative estimate of drug-likeness (QED) is 0.598. The van der Waals surface area contributed by atoms with E-state index < -0.39 is 23.3 Å². The zero-order valence-corrected chi connectivity index (χ0v) is 19.0. The number of alkyl halides is 3. The molecule has 3 atom stereocenters. The average molecular weight is 466 g/mol. The molecule has 2 aliphatic heterocycles. The summed E-state index contributed by atoms with van der Waals surface area (Å²) in [5, 5.41) is 5.36. The molecule has 1 saturated heterocycles. The van der Waals surface area contributed by atoms with Crippen molar-refractivity contribution in [3.05, 3.63) is 47.6 Å². The van der Waals surface area contributed by atoms with Gasteiger partial charge in [-0.2, -0.15) is 13.2 Å². The predicted molar refractivity (Wildman–Crippen MR) is 117 cm³/mol. The van der Waals surface area contributed by atoms with Gasteiger partial charge in [-0.15, -0.1) is 0 Å². The van der Waals surface area contributed by atoms with Gasteiger partial charge in [-0.3, -0.25) is 9.78 Å². The average Bonchev–Trinajstić information content (AvgIpc) is 3.55. The first kappa shape index (κ1) is 23.6. The highest BCUT2D eigenvalue weighted by atomic mass is 19.4. The molecule has 4 rings (SSSR count). The number of pyridine rings is 1. The van der Waals surface area contributed by atoms with E-state index in [1.807, 2.05) is 13.8 Å². The minimum Gasteiger partial charge on any atom is -0.369 e. The number of nitrogens with two attached hydrogens (primary N) is 1. The standard InChI is InChI=1S/C23H30F3N5O2/c1-14(15-4-5-15)30-20(32)17-12-29-22(33-3,23(24,25)26)18(16-6-9-28-10-7-16)19(17)31-11-8-21(2,27)13-31/h6-7,9-10,12,14-15,29H,4-5,8,11,13,27H2,1-3H3,(H,30,32)/t14?,21-,22?/m0/s1. The van der Waals surface area contributed by atoms with Gasteiger partial charge in [-0.25, -0.2) is 0 Å². The minimum atomic E-state index is -4.82. The molecule has 2 fully saturated rings. The zero-order chi connectivity index (χ0) is 24.0. The first-order valence-electron chi connectivity index (χ1n) is 11.1.